The summed E-state index contributed by atoms with van der Waals surface area (Å²) in [6.45, 7) is 3.96. The van der Waals surface area contributed by atoms with Gasteiger partial charge >= 0.3 is 5.97 Å². The normalized spacial score (nSPS) is 13.1. The van der Waals surface area contributed by atoms with Gasteiger partial charge in [-0.15, -0.1) is 0 Å². The van der Waals surface area contributed by atoms with E-state index in [2.05, 4.69) is 10.6 Å². The summed E-state index contributed by atoms with van der Waals surface area (Å²) in [5.74, 6) is -2.07. The molecule has 0 fully saturated rings. The molecule has 0 atom stereocenters. The van der Waals surface area contributed by atoms with E-state index in [0.29, 0.717) is 45.4 Å². The molecule has 1 aliphatic rings. The number of carbonyl (C=O) groups is 4. The smallest absolute Gasteiger partial charge is 0.338 e. The van der Waals surface area contributed by atoms with Crippen molar-refractivity contribution < 1.29 is 23.9 Å². The van der Waals surface area contributed by atoms with Crippen molar-refractivity contribution in [3.05, 3.63) is 99.2 Å². The summed E-state index contributed by atoms with van der Waals surface area (Å²) in [6, 6.07) is 17.6. The Balaban J connectivity index is 1.42. The van der Waals surface area contributed by atoms with Crippen molar-refractivity contribution in [3.8, 4) is 0 Å². The Labute approximate surface area is 229 Å². The highest BCUT2D eigenvalue weighted by atomic mass is 35.5. The number of hydrogen-bond acceptors (Lipinski definition) is 6. The van der Waals surface area contributed by atoms with Gasteiger partial charge in [-0.3, -0.25) is 14.4 Å². The number of nitrogens with zero attached hydrogens (tertiary/aromatic N) is 1. The zero-order valence-corrected chi connectivity index (χ0v) is 22.0. The SMILES string of the molecule is CCCOC(=O)c1ccc(NC(=O)c2ccc(NC3=C(Cl)C(=O)N(c4cccc(Cl)c4C)C3=O)cc2)cc1. The molecule has 1 aliphatic heterocycles. The highest BCUT2D eigenvalue weighted by Gasteiger charge is 2.39. The molecule has 0 aromatic heterocycles. The second-order valence-corrected chi connectivity index (χ2v) is 9.17. The lowest BCUT2D eigenvalue weighted by Crippen LogP contribution is -2.32. The van der Waals surface area contributed by atoms with Gasteiger partial charge < -0.3 is 15.4 Å². The number of carbonyl (C=O) groups excluding carboxylic acids is 4. The van der Waals surface area contributed by atoms with Crippen molar-refractivity contribution in [1.29, 1.82) is 0 Å². The third-order valence-electron chi connectivity index (χ3n) is 5.74. The van der Waals surface area contributed by atoms with Crippen LogP contribution in [0, 0.1) is 6.92 Å². The van der Waals surface area contributed by atoms with Gasteiger partial charge in [0.05, 0.1) is 17.9 Å². The third-order valence-corrected chi connectivity index (χ3v) is 6.50. The summed E-state index contributed by atoms with van der Waals surface area (Å²) >= 11 is 12.4. The minimum absolute atomic E-state index is 0.0780. The molecular weight excluding hydrogens is 529 g/mol. The Morgan fingerprint density at radius 1 is 0.868 bits per heavy atom. The van der Waals surface area contributed by atoms with E-state index in [0.717, 1.165) is 11.3 Å². The Kier molecular flexibility index (Phi) is 8.14. The fourth-order valence-electron chi connectivity index (χ4n) is 3.69. The van der Waals surface area contributed by atoms with Gasteiger partial charge in [-0.25, -0.2) is 9.69 Å². The standard InChI is InChI=1S/C28H23Cl2N3O5/c1-3-15-38-28(37)18-9-13-20(14-10-18)32-25(34)17-7-11-19(12-8-17)31-24-23(30)26(35)33(27(24)36)22-6-4-5-21(29)16(22)2/h4-14,31H,3,15H2,1-2H3,(H,32,34). The first-order chi connectivity index (χ1) is 18.2. The summed E-state index contributed by atoms with van der Waals surface area (Å²) in [6.07, 6.45) is 0.731. The molecule has 0 radical (unpaired) electrons. The molecule has 8 nitrogen and oxygen atoms in total. The van der Waals surface area contributed by atoms with E-state index in [1.165, 1.54) is 0 Å². The number of nitrogens with one attached hydrogen (secondary N) is 2. The van der Waals surface area contributed by atoms with Crippen LogP contribution >= 0.6 is 23.2 Å². The minimum atomic E-state index is -0.662. The first kappa shape index (κ1) is 26.9. The van der Waals surface area contributed by atoms with Gasteiger partial charge in [0.15, 0.2) is 0 Å². The molecule has 2 N–H and O–H groups in total. The molecule has 0 saturated heterocycles. The lowest BCUT2D eigenvalue weighted by Gasteiger charge is -2.18. The van der Waals surface area contributed by atoms with Crippen molar-refractivity contribution in [2.24, 2.45) is 0 Å². The van der Waals surface area contributed by atoms with Crippen LogP contribution in [-0.4, -0.2) is 30.3 Å². The molecule has 0 bridgehead atoms. The summed E-state index contributed by atoms with van der Waals surface area (Å²) < 4.78 is 5.09. The lowest BCUT2D eigenvalue weighted by molar-refractivity contribution is -0.120. The van der Waals surface area contributed by atoms with Crippen molar-refractivity contribution >= 4 is 64.0 Å². The molecule has 3 aromatic carbocycles. The number of rotatable bonds is 8. The number of anilines is 3. The second-order valence-electron chi connectivity index (χ2n) is 8.39. The van der Waals surface area contributed by atoms with Gasteiger partial charge in [-0.1, -0.05) is 36.2 Å². The molecule has 0 spiro atoms. The van der Waals surface area contributed by atoms with Gasteiger partial charge in [-0.05, 0) is 79.6 Å². The highest BCUT2D eigenvalue weighted by Crippen LogP contribution is 2.34. The quantitative estimate of drug-likeness (QED) is 0.266. The Morgan fingerprint density at radius 3 is 2.16 bits per heavy atom. The van der Waals surface area contributed by atoms with Crippen molar-refractivity contribution in [2.45, 2.75) is 20.3 Å². The zero-order chi connectivity index (χ0) is 27.4. The van der Waals surface area contributed by atoms with Crippen LogP contribution in [0.5, 0.6) is 0 Å². The van der Waals surface area contributed by atoms with Gasteiger partial charge in [-0.2, -0.15) is 0 Å². The van der Waals surface area contributed by atoms with Gasteiger partial charge in [0.2, 0.25) is 0 Å². The Hall–Kier alpha value is -4.14. The predicted molar refractivity (Wildman–Crippen MR) is 147 cm³/mol. The maximum absolute atomic E-state index is 13.1. The summed E-state index contributed by atoms with van der Waals surface area (Å²) in [4.78, 5) is 51.4. The number of halogens is 2. The molecule has 3 aromatic rings. The molecule has 0 aliphatic carbocycles. The van der Waals surface area contributed by atoms with Crippen LogP contribution in [0.15, 0.2) is 77.5 Å². The summed E-state index contributed by atoms with van der Waals surface area (Å²) in [7, 11) is 0. The van der Waals surface area contributed by atoms with Crippen LogP contribution in [-0.2, 0) is 14.3 Å². The van der Waals surface area contributed by atoms with Crippen LogP contribution in [0.3, 0.4) is 0 Å². The van der Waals surface area contributed by atoms with Gasteiger partial charge in [0, 0.05) is 22.0 Å². The lowest BCUT2D eigenvalue weighted by atomic mass is 10.1. The number of amides is 3. The molecule has 4 rings (SSSR count). The molecule has 10 heteroatoms. The van der Waals surface area contributed by atoms with E-state index in [1.807, 2.05) is 6.92 Å². The molecule has 194 valence electrons. The van der Waals surface area contributed by atoms with Gasteiger partial charge in [0.1, 0.15) is 10.7 Å². The zero-order valence-electron chi connectivity index (χ0n) is 20.5. The van der Waals surface area contributed by atoms with Crippen molar-refractivity contribution in [2.75, 3.05) is 22.1 Å². The average molecular weight is 552 g/mol. The van der Waals surface area contributed by atoms with Crippen molar-refractivity contribution in [3.63, 3.8) is 0 Å². The molecule has 0 saturated carbocycles. The fraction of sp³-hybridized carbons (Fsp3) is 0.143. The maximum atomic E-state index is 13.1. The molecule has 3 amide bonds. The van der Waals surface area contributed by atoms with Crippen molar-refractivity contribution in [1.82, 2.24) is 0 Å². The van der Waals surface area contributed by atoms with E-state index in [4.69, 9.17) is 27.9 Å². The molecular formula is C28H23Cl2N3O5. The first-order valence-corrected chi connectivity index (χ1v) is 12.5. The number of benzene rings is 3. The van der Waals surface area contributed by atoms with Crippen LogP contribution in [0.25, 0.3) is 0 Å². The monoisotopic (exact) mass is 551 g/mol. The molecule has 38 heavy (non-hydrogen) atoms. The van der Waals surface area contributed by atoms with E-state index >= 15 is 0 Å². The number of ether oxygens (including phenoxy) is 1. The summed E-state index contributed by atoms with van der Waals surface area (Å²) in [5.41, 5.74) is 2.55. The average Bonchev–Trinajstić information content (AvgIpc) is 3.12. The maximum Gasteiger partial charge on any atom is 0.338 e. The predicted octanol–water partition coefficient (Wildman–Crippen LogP) is 5.90. The van der Waals surface area contributed by atoms with E-state index < -0.39 is 17.8 Å². The van der Waals surface area contributed by atoms with Gasteiger partial charge in [0.25, 0.3) is 17.7 Å². The Morgan fingerprint density at radius 2 is 1.50 bits per heavy atom. The summed E-state index contributed by atoms with van der Waals surface area (Å²) in [5, 5.41) is 5.80. The number of hydrogen-bond donors (Lipinski definition) is 2. The minimum Gasteiger partial charge on any atom is -0.462 e. The van der Waals surface area contributed by atoms with Crippen LogP contribution in [0.4, 0.5) is 17.1 Å². The van der Waals surface area contributed by atoms with Crippen LogP contribution < -0.4 is 15.5 Å². The number of esters is 1. The van der Waals surface area contributed by atoms with Crippen LogP contribution in [0.2, 0.25) is 5.02 Å². The fourth-order valence-corrected chi connectivity index (χ4v) is 4.07. The second kappa shape index (κ2) is 11.5. The topological polar surface area (TPSA) is 105 Å². The largest absolute Gasteiger partial charge is 0.462 e. The van der Waals surface area contributed by atoms with E-state index in [9.17, 15) is 19.2 Å². The van der Waals surface area contributed by atoms with E-state index in [-0.39, 0.29) is 16.6 Å². The van der Waals surface area contributed by atoms with E-state index in [1.54, 1.807) is 73.7 Å². The van der Waals surface area contributed by atoms with Crippen LogP contribution in [0.1, 0.15) is 39.6 Å². The Bertz CT molecular complexity index is 1450. The first-order valence-electron chi connectivity index (χ1n) is 11.7. The highest BCUT2D eigenvalue weighted by molar-refractivity contribution is 6.53. The third kappa shape index (κ3) is 5.56. The molecule has 0 unspecified atom stereocenters. The number of imide groups is 1. The molecule has 1 heterocycles.